The van der Waals surface area contributed by atoms with Gasteiger partial charge in [0.1, 0.15) is 17.8 Å². The molecule has 0 saturated heterocycles. The molecule has 0 aromatic heterocycles. The molecule has 0 spiro atoms. The van der Waals surface area contributed by atoms with Gasteiger partial charge in [0.15, 0.2) is 11.7 Å². The molecule has 0 saturated carbocycles. The summed E-state index contributed by atoms with van der Waals surface area (Å²) in [6.45, 7) is 2.15. The monoisotopic (exact) mass is 568 g/mol. The third-order valence-electron chi connectivity index (χ3n) is 5.84. The van der Waals surface area contributed by atoms with Crippen LogP contribution in [0.4, 0.5) is 0 Å². The van der Waals surface area contributed by atoms with Gasteiger partial charge in [0, 0.05) is 6.54 Å². The predicted octanol–water partition coefficient (Wildman–Crippen LogP) is -1.27. The Morgan fingerprint density at radius 3 is 2.13 bits per heavy atom. The van der Waals surface area contributed by atoms with Crippen molar-refractivity contribution in [3.63, 3.8) is 0 Å². The SMILES string of the molecule is C[C@H](NC(=O)[C@@H](N)Cc1ccc(O)cc1)C(=O)N[C@@H](CCCCN)C(=O)NC(CCCN=C(N)N)C(=O)CCl. The second-order valence-corrected chi connectivity index (χ2v) is 9.43. The molecule has 1 rings (SSSR count). The number of hydrogen-bond donors (Lipinski definition) is 8. The molecule has 0 aliphatic rings. The molecule has 0 bridgehead atoms. The first-order chi connectivity index (χ1) is 18.5. The molecule has 0 aliphatic carbocycles. The number of nitrogens with two attached hydrogens (primary N) is 4. The number of nitrogens with zero attached hydrogens (tertiary/aromatic N) is 1. The number of unbranched alkanes of at least 4 members (excludes halogenated alkanes) is 1. The standard InChI is InChI=1S/C25H41ClN8O5/c1-15(32-23(38)18(28)13-16-7-9-17(35)10-8-16)22(37)34-20(5-2-3-11-27)24(39)33-19(21(36)14-26)6-4-12-31-25(29)30/h7-10,15,18-20,35H,2-6,11-14,27-28H2,1H3,(H,32,38)(H,33,39)(H,34,37)(H4,29,30,31)/t15-,18-,19?,20-/m0/s1. The zero-order chi connectivity index (χ0) is 29.4. The Balaban J connectivity index is 2.80. The van der Waals surface area contributed by atoms with E-state index in [-0.39, 0.29) is 49.2 Å². The molecule has 0 radical (unpaired) electrons. The van der Waals surface area contributed by atoms with Crippen molar-refractivity contribution in [2.45, 2.75) is 69.6 Å². The summed E-state index contributed by atoms with van der Waals surface area (Å²) in [6.07, 6.45) is 2.31. The molecule has 218 valence electrons. The number of nitrogens with one attached hydrogen (secondary N) is 3. The molecule has 0 fully saturated rings. The van der Waals surface area contributed by atoms with Gasteiger partial charge in [-0.3, -0.25) is 24.2 Å². The van der Waals surface area contributed by atoms with E-state index in [4.69, 9.17) is 34.5 Å². The van der Waals surface area contributed by atoms with Crippen LogP contribution in [0.1, 0.15) is 44.6 Å². The summed E-state index contributed by atoms with van der Waals surface area (Å²) in [5.74, 6) is -2.38. The number of guanidine groups is 1. The highest BCUT2D eigenvalue weighted by Gasteiger charge is 2.28. The average Bonchev–Trinajstić information content (AvgIpc) is 2.90. The molecule has 3 amide bonds. The number of carbonyl (C=O) groups excluding carboxylic acids is 4. The summed E-state index contributed by atoms with van der Waals surface area (Å²) in [7, 11) is 0. The number of Topliss-reactive ketones (excluding diaryl/α,β-unsaturated/α-hetero) is 1. The summed E-state index contributed by atoms with van der Waals surface area (Å²) in [6, 6.07) is 2.48. The Bertz CT molecular complexity index is 972. The fourth-order valence-corrected chi connectivity index (χ4v) is 3.79. The zero-order valence-corrected chi connectivity index (χ0v) is 23.0. The van der Waals surface area contributed by atoms with Crippen LogP contribution in [0.5, 0.6) is 5.75 Å². The van der Waals surface area contributed by atoms with Gasteiger partial charge in [0.2, 0.25) is 17.7 Å². The van der Waals surface area contributed by atoms with Gasteiger partial charge in [-0.05, 0) is 69.7 Å². The molecule has 0 aliphatic heterocycles. The lowest BCUT2D eigenvalue weighted by molar-refractivity contribution is -0.133. The number of phenols is 1. The molecule has 1 aromatic carbocycles. The number of ketones is 1. The number of halogens is 1. The predicted molar refractivity (Wildman–Crippen MR) is 150 cm³/mol. The van der Waals surface area contributed by atoms with E-state index in [0.29, 0.717) is 25.8 Å². The van der Waals surface area contributed by atoms with E-state index in [1.54, 1.807) is 12.1 Å². The van der Waals surface area contributed by atoms with Crippen molar-refractivity contribution >= 4 is 41.1 Å². The molecule has 13 nitrogen and oxygen atoms in total. The summed E-state index contributed by atoms with van der Waals surface area (Å²) in [4.78, 5) is 54.7. The lowest BCUT2D eigenvalue weighted by Gasteiger charge is -2.24. The molecular weight excluding hydrogens is 528 g/mol. The minimum Gasteiger partial charge on any atom is -0.508 e. The summed E-state index contributed by atoms with van der Waals surface area (Å²) in [5.41, 5.74) is 22.9. The fourth-order valence-electron chi connectivity index (χ4n) is 3.61. The molecule has 1 unspecified atom stereocenters. The van der Waals surface area contributed by atoms with Gasteiger partial charge in [-0.1, -0.05) is 12.1 Å². The number of rotatable bonds is 18. The zero-order valence-electron chi connectivity index (χ0n) is 22.2. The minimum absolute atomic E-state index is 0.0792. The van der Waals surface area contributed by atoms with Gasteiger partial charge in [-0.15, -0.1) is 11.6 Å². The van der Waals surface area contributed by atoms with Crippen molar-refractivity contribution in [2.24, 2.45) is 27.9 Å². The molecule has 1 aromatic rings. The average molecular weight is 569 g/mol. The van der Waals surface area contributed by atoms with Gasteiger partial charge in [-0.25, -0.2) is 0 Å². The Kier molecular flexibility index (Phi) is 15.5. The van der Waals surface area contributed by atoms with Gasteiger partial charge >= 0.3 is 0 Å². The summed E-state index contributed by atoms with van der Waals surface area (Å²) >= 11 is 5.72. The molecule has 4 atom stereocenters. The first-order valence-electron chi connectivity index (χ1n) is 12.8. The number of benzene rings is 1. The number of amides is 3. The largest absolute Gasteiger partial charge is 0.508 e. The Labute approximate surface area is 233 Å². The molecular formula is C25H41ClN8O5. The van der Waals surface area contributed by atoms with Crippen LogP contribution in [-0.2, 0) is 25.6 Å². The normalized spacial score (nSPS) is 13.8. The lowest BCUT2D eigenvalue weighted by Crippen LogP contribution is -2.56. The van der Waals surface area contributed by atoms with Crippen molar-refractivity contribution in [1.29, 1.82) is 0 Å². The molecule has 12 N–H and O–H groups in total. The van der Waals surface area contributed by atoms with Crippen LogP contribution >= 0.6 is 11.6 Å². The maximum atomic E-state index is 13.1. The van der Waals surface area contributed by atoms with E-state index in [0.717, 1.165) is 5.56 Å². The first kappa shape index (κ1) is 33.6. The quantitative estimate of drug-likeness (QED) is 0.0454. The van der Waals surface area contributed by atoms with Gasteiger partial charge in [0.25, 0.3) is 0 Å². The van der Waals surface area contributed by atoms with E-state index >= 15 is 0 Å². The Morgan fingerprint density at radius 2 is 1.54 bits per heavy atom. The second-order valence-electron chi connectivity index (χ2n) is 9.16. The van der Waals surface area contributed by atoms with Crippen LogP contribution in [0.15, 0.2) is 29.3 Å². The highest BCUT2D eigenvalue weighted by molar-refractivity contribution is 6.28. The van der Waals surface area contributed by atoms with Crippen LogP contribution in [0.25, 0.3) is 0 Å². The van der Waals surface area contributed by atoms with Crippen LogP contribution in [0, 0.1) is 0 Å². The van der Waals surface area contributed by atoms with Crippen molar-refractivity contribution < 1.29 is 24.3 Å². The highest BCUT2D eigenvalue weighted by Crippen LogP contribution is 2.11. The smallest absolute Gasteiger partial charge is 0.243 e. The number of carbonyl (C=O) groups is 4. The highest BCUT2D eigenvalue weighted by atomic mass is 35.5. The topological polar surface area (TPSA) is 241 Å². The molecule has 0 heterocycles. The molecule has 14 heteroatoms. The van der Waals surface area contributed by atoms with Crippen LogP contribution in [0.2, 0.25) is 0 Å². The van der Waals surface area contributed by atoms with Crippen LogP contribution < -0.4 is 38.9 Å². The van der Waals surface area contributed by atoms with E-state index in [9.17, 15) is 24.3 Å². The van der Waals surface area contributed by atoms with Gasteiger partial charge in [0.05, 0.1) is 18.0 Å². The number of aliphatic imine (C=N–C) groups is 1. The third-order valence-corrected chi connectivity index (χ3v) is 6.11. The second kappa shape index (κ2) is 18.0. The molecule has 39 heavy (non-hydrogen) atoms. The van der Waals surface area contributed by atoms with E-state index < -0.39 is 41.9 Å². The van der Waals surface area contributed by atoms with Crippen LogP contribution in [-0.4, -0.2) is 77.7 Å². The lowest BCUT2D eigenvalue weighted by atomic mass is 10.0. The maximum Gasteiger partial charge on any atom is 0.243 e. The first-order valence-corrected chi connectivity index (χ1v) is 13.3. The summed E-state index contributed by atoms with van der Waals surface area (Å²) in [5, 5.41) is 17.2. The van der Waals surface area contributed by atoms with Crippen LogP contribution in [0.3, 0.4) is 0 Å². The summed E-state index contributed by atoms with van der Waals surface area (Å²) < 4.78 is 0. The van der Waals surface area contributed by atoms with Gasteiger partial charge < -0.3 is 44.0 Å². The van der Waals surface area contributed by atoms with E-state index in [1.165, 1.54) is 19.1 Å². The number of phenolic OH excluding ortho intramolecular Hbond substituents is 1. The van der Waals surface area contributed by atoms with Crippen molar-refractivity contribution in [1.82, 2.24) is 16.0 Å². The van der Waals surface area contributed by atoms with Crippen molar-refractivity contribution in [3.8, 4) is 5.75 Å². The van der Waals surface area contributed by atoms with Gasteiger partial charge in [-0.2, -0.15) is 0 Å². The Morgan fingerprint density at radius 1 is 0.923 bits per heavy atom. The Hall–Kier alpha value is -3.42. The van der Waals surface area contributed by atoms with E-state index in [2.05, 4.69) is 20.9 Å². The van der Waals surface area contributed by atoms with Crippen molar-refractivity contribution in [3.05, 3.63) is 29.8 Å². The number of aromatic hydroxyl groups is 1. The number of alkyl halides is 1. The fraction of sp³-hybridized carbons (Fsp3) is 0.560. The maximum absolute atomic E-state index is 13.1. The van der Waals surface area contributed by atoms with E-state index in [1.807, 2.05) is 0 Å². The number of hydrogen-bond acceptors (Lipinski definition) is 8. The third kappa shape index (κ3) is 13.3. The van der Waals surface area contributed by atoms with Crippen molar-refractivity contribution in [2.75, 3.05) is 19.0 Å². The minimum atomic E-state index is -0.993.